The van der Waals surface area contributed by atoms with Gasteiger partial charge in [-0.05, 0) is 6.92 Å². The Morgan fingerprint density at radius 2 is 1.57 bits per heavy atom. The summed E-state index contributed by atoms with van der Waals surface area (Å²) in [6.07, 6.45) is 3.00. The molecule has 0 aromatic carbocycles. The van der Waals surface area contributed by atoms with Crippen molar-refractivity contribution in [1.82, 2.24) is 0 Å². The summed E-state index contributed by atoms with van der Waals surface area (Å²) in [6, 6.07) is 0. The number of esters is 2. The van der Waals surface area contributed by atoms with E-state index in [1.54, 1.807) is 0 Å². The Bertz CT molecular complexity index is 254. The highest BCUT2D eigenvalue weighted by Gasteiger charge is 2.13. The van der Waals surface area contributed by atoms with Gasteiger partial charge in [-0.3, -0.25) is 0 Å². The van der Waals surface area contributed by atoms with E-state index >= 15 is 0 Å². The van der Waals surface area contributed by atoms with Crippen molar-refractivity contribution in [2.75, 3.05) is 6.61 Å². The van der Waals surface area contributed by atoms with Crippen molar-refractivity contribution in [3.05, 3.63) is 12.2 Å². The van der Waals surface area contributed by atoms with Crippen molar-refractivity contribution in [2.45, 2.75) is 13.0 Å². The monoisotopic (exact) mass is 200 g/mol. The largest absolute Gasteiger partial charge is 0.387 e. The number of rotatable bonds is 0. The van der Waals surface area contributed by atoms with E-state index < -0.39 is 11.9 Å². The van der Waals surface area contributed by atoms with Crippen molar-refractivity contribution in [2.24, 2.45) is 0 Å². The van der Waals surface area contributed by atoms with Gasteiger partial charge in [-0.1, -0.05) is 0 Å². The van der Waals surface area contributed by atoms with E-state index in [2.05, 4.69) is 11.7 Å². The second-order valence-corrected chi connectivity index (χ2v) is 2.30. The quantitative estimate of drug-likeness (QED) is 0.296. The van der Waals surface area contributed by atoms with Crippen molar-refractivity contribution in [3.8, 4) is 0 Å². The number of hydrogen-bond donors (Lipinski definition) is 0. The molecular formula is C8H8O6. The molecule has 0 saturated carbocycles. The van der Waals surface area contributed by atoms with Gasteiger partial charge in [-0.15, -0.1) is 0 Å². The molecule has 0 radical (unpaired) electrons. The molecule has 6 heteroatoms. The van der Waals surface area contributed by atoms with Crippen LogP contribution >= 0.6 is 0 Å². The maximum absolute atomic E-state index is 9.92. The van der Waals surface area contributed by atoms with Crippen LogP contribution in [0.4, 0.5) is 0 Å². The average Bonchev–Trinajstić information content (AvgIpc) is 2.78. The molecule has 0 aromatic heterocycles. The molecule has 2 aliphatic heterocycles. The van der Waals surface area contributed by atoms with Crippen LogP contribution in [-0.4, -0.2) is 30.8 Å². The van der Waals surface area contributed by atoms with Gasteiger partial charge in [0.2, 0.25) is 0 Å². The molecule has 6 nitrogen and oxygen atoms in total. The number of cyclic esters (lactones) is 2. The fourth-order valence-corrected chi connectivity index (χ4v) is 0.399. The molecule has 0 N–H and O–H groups in total. The molecule has 1 unspecified atom stereocenters. The first-order valence-electron chi connectivity index (χ1n) is 3.65. The number of carbonyl (C=O) groups is 2. The third kappa shape index (κ3) is 8.32. The van der Waals surface area contributed by atoms with Gasteiger partial charge in [0.05, 0.1) is 12.7 Å². The van der Waals surface area contributed by atoms with Crippen molar-refractivity contribution in [1.29, 1.82) is 0 Å². The highest BCUT2D eigenvalue weighted by Crippen LogP contribution is 2.04. The minimum Gasteiger partial charge on any atom is -0.387 e. The van der Waals surface area contributed by atoms with Gasteiger partial charge in [-0.25, -0.2) is 9.59 Å². The molecule has 2 rings (SSSR count). The van der Waals surface area contributed by atoms with E-state index in [9.17, 15) is 9.59 Å². The van der Waals surface area contributed by atoms with E-state index in [-0.39, 0.29) is 6.15 Å². The first-order valence-corrected chi connectivity index (χ1v) is 3.65. The minimum absolute atomic E-state index is 0.250. The molecule has 2 heterocycles. The second-order valence-electron chi connectivity index (χ2n) is 2.30. The molecule has 1 fully saturated rings. The summed E-state index contributed by atoms with van der Waals surface area (Å²) in [4.78, 5) is 36.1. The van der Waals surface area contributed by atoms with E-state index in [1.807, 2.05) is 0 Å². The lowest BCUT2D eigenvalue weighted by atomic mass is 10.6. The standard InChI is InChI=1S/C4H2O3.C3H6O.CO2/c5-3-1-2-4(6)7-3;1-3-2-4-3;2-1-3/h1-2H;3H,2H2,1H3;. The first kappa shape index (κ1) is 12.2. The molecule has 2 aliphatic rings. The Balaban J connectivity index is 0.000000206. The average molecular weight is 200 g/mol. The zero-order valence-corrected chi connectivity index (χ0v) is 7.39. The van der Waals surface area contributed by atoms with Crippen LogP contribution in [0.1, 0.15) is 6.92 Å². The predicted molar refractivity (Wildman–Crippen MR) is 40.7 cm³/mol. The maximum Gasteiger partial charge on any atom is 0.373 e. The zero-order chi connectivity index (χ0) is 11.0. The van der Waals surface area contributed by atoms with Gasteiger partial charge in [0, 0.05) is 12.2 Å². The Kier molecular flexibility index (Phi) is 5.85. The Labute approximate surface area is 79.5 Å². The summed E-state index contributed by atoms with van der Waals surface area (Å²) < 4.78 is 8.68. The Hall–Kier alpha value is -1.78. The van der Waals surface area contributed by atoms with E-state index in [1.165, 1.54) is 0 Å². The van der Waals surface area contributed by atoms with Crippen LogP contribution in [0, 0.1) is 0 Å². The lowest BCUT2D eigenvalue weighted by Crippen LogP contribution is -1.96. The van der Waals surface area contributed by atoms with E-state index in [0.29, 0.717) is 6.10 Å². The van der Waals surface area contributed by atoms with Crippen molar-refractivity contribution < 1.29 is 28.7 Å². The topological polar surface area (TPSA) is 90.0 Å². The fraction of sp³-hybridized carbons (Fsp3) is 0.375. The molecule has 1 atom stereocenters. The third-order valence-electron chi connectivity index (χ3n) is 1.06. The molecule has 76 valence electrons. The fourth-order valence-electron chi connectivity index (χ4n) is 0.399. The Morgan fingerprint density at radius 3 is 1.64 bits per heavy atom. The van der Waals surface area contributed by atoms with E-state index in [0.717, 1.165) is 18.8 Å². The van der Waals surface area contributed by atoms with Crippen molar-refractivity contribution >= 4 is 18.1 Å². The van der Waals surface area contributed by atoms with Crippen LogP contribution in [0.2, 0.25) is 0 Å². The molecule has 14 heavy (non-hydrogen) atoms. The molecule has 1 saturated heterocycles. The summed E-state index contributed by atoms with van der Waals surface area (Å²) >= 11 is 0. The zero-order valence-electron chi connectivity index (χ0n) is 7.39. The molecule has 0 amide bonds. The van der Waals surface area contributed by atoms with Crippen LogP contribution in [0.5, 0.6) is 0 Å². The summed E-state index contributed by atoms with van der Waals surface area (Å²) in [5, 5.41) is 0. The van der Waals surface area contributed by atoms with Crippen LogP contribution in [0.15, 0.2) is 12.2 Å². The lowest BCUT2D eigenvalue weighted by molar-refractivity contribution is -0.191. The number of hydrogen-bond acceptors (Lipinski definition) is 6. The minimum atomic E-state index is -0.579. The molecule has 0 aliphatic carbocycles. The van der Waals surface area contributed by atoms with Gasteiger partial charge >= 0.3 is 18.1 Å². The highest BCUT2D eigenvalue weighted by molar-refractivity contribution is 6.04. The maximum atomic E-state index is 9.92. The van der Waals surface area contributed by atoms with Gasteiger partial charge in [0.25, 0.3) is 0 Å². The van der Waals surface area contributed by atoms with Crippen LogP contribution in [-0.2, 0) is 28.7 Å². The van der Waals surface area contributed by atoms with E-state index in [4.69, 9.17) is 14.3 Å². The first-order chi connectivity index (χ1) is 6.60. The van der Waals surface area contributed by atoms with Gasteiger partial charge in [-0.2, -0.15) is 9.59 Å². The van der Waals surface area contributed by atoms with Gasteiger partial charge in [0.15, 0.2) is 0 Å². The molecule has 0 bridgehead atoms. The third-order valence-corrected chi connectivity index (χ3v) is 1.06. The van der Waals surface area contributed by atoms with Crippen LogP contribution < -0.4 is 0 Å². The van der Waals surface area contributed by atoms with Gasteiger partial charge < -0.3 is 9.47 Å². The molecular weight excluding hydrogens is 192 g/mol. The number of carbonyl (C=O) groups excluding carboxylic acids is 4. The number of epoxide rings is 1. The van der Waals surface area contributed by atoms with Crippen molar-refractivity contribution in [3.63, 3.8) is 0 Å². The smallest absolute Gasteiger partial charge is 0.373 e. The van der Waals surface area contributed by atoms with Crippen LogP contribution in [0.25, 0.3) is 0 Å². The SMILES string of the molecule is CC1CO1.O=C1C=CC(=O)O1.O=C=O. The molecule has 0 aromatic rings. The predicted octanol–water partition coefficient (Wildman–Crippen LogP) is -0.552. The summed E-state index contributed by atoms with van der Waals surface area (Å²) in [7, 11) is 0. The Morgan fingerprint density at radius 1 is 1.29 bits per heavy atom. The normalized spacial score (nSPS) is 20.8. The summed E-state index contributed by atoms with van der Waals surface area (Å²) in [5.41, 5.74) is 0. The number of ether oxygens (including phenoxy) is 2. The highest BCUT2D eigenvalue weighted by atomic mass is 16.6. The summed E-state index contributed by atoms with van der Waals surface area (Å²) in [5.74, 6) is -1.16. The van der Waals surface area contributed by atoms with Crippen LogP contribution in [0.3, 0.4) is 0 Å². The van der Waals surface area contributed by atoms with Gasteiger partial charge in [0.1, 0.15) is 0 Å². The second kappa shape index (κ2) is 6.71. The summed E-state index contributed by atoms with van der Waals surface area (Å²) in [6.45, 7) is 3.04. The molecule has 0 spiro atoms. The lowest BCUT2D eigenvalue weighted by Gasteiger charge is -1.80.